The van der Waals surface area contributed by atoms with Crippen molar-refractivity contribution in [2.24, 2.45) is 5.92 Å². The fraction of sp³-hybridized carbons (Fsp3) is 0.714. The molecule has 19 heavy (non-hydrogen) atoms. The summed E-state index contributed by atoms with van der Waals surface area (Å²) in [7, 11) is 1.73. The number of nitrogens with zero attached hydrogens (tertiary/aromatic N) is 1. The molecule has 1 fully saturated rings. The zero-order valence-corrected chi connectivity index (χ0v) is 11.6. The van der Waals surface area contributed by atoms with Gasteiger partial charge < -0.3 is 15.0 Å². The summed E-state index contributed by atoms with van der Waals surface area (Å²) in [6.45, 7) is 3.54. The fourth-order valence-electron chi connectivity index (χ4n) is 3.39. The fourth-order valence-corrected chi connectivity index (χ4v) is 3.39. The molecular weight excluding hydrogens is 242 g/mol. The van der Waals surface area contributed by atoms with Crippen molar-refractivity contribution in [1.82, 2.24) is 15.3 Å². The Balaban J connectivity index is 2.04. The average Bonchev–Trinajstić information content (AvgIpc) is 2.87. The van der Waals surface area contributed by atoms with Crippen LogP contribution in [0.25, 0.3) is 0 Å². The lowest BCUT2D eigenvalue weighted by atomic mass is 9.78. The van der Waals surface area contributed by atoms with Crippen molar-refractivity contribution < 1.29 is 4.74 Å². The summed E-state index contributed by atoms with van der Waals surface area (Å²) in [6.07, 6.45) is 4.21. The molecule has 2 aliphatic rings. The quantitative estimate of drug-likeness (QED) is 0.847. The molecule has 1 aliphatic carbocycles. The molecule has 0 saturated heterocycles. The number of hydrogen-bond acceptors (Lipinski definition) is 4. The zero-order chi connectivity index (χ0) is 13.5. The summed E-state index contributed by atoms with van der Waals surface area (Å²) < 4.78 is 5.80. The Kier molecular flexibility index (Phi) is 3.19. The average molecular weight is 263 g/mol. The Morgan fingerprint density at radius 1 is 1.42 bits per heavy atom. The maximum absolute atomic E-state index is 12.1. The number of methoxy groups -OCH3 is 1. The maximum Gasteiger partial charge on any atom is 0.255 e. The second kappa shape index (κ2) is 4.72. The largest absolute Gasteiger partial charge is 0.370 e. The summed E-state index contributed by atoms with van der Waals surface area (Å²) in [5, 5.41) is 3.17. The molecule has 2 N–H and O–H groups in total. The van der Waals surface area contributed by atoms with Gasteiger partial charge in [-0.25, -0.2) is 4.98 Å². The van der Waals surface area contributed by atoms with Crippen molar-refractivity contribution >= 4 is 0 Å². The van der Waals surface area contributed by atoms with Crippen LogP contribution in [-0.4, -0.2) is 17.1 Å². The summed E-state index contributed by atoms with van der Waals surface area (Å²) >= 11 is 0. The van der Waals surface area contributed by atoms with E-state index in [4.69, 9.17) is 4.74 Å². The molecule has 3 rings (SSSR count). The Morgan fingerprint density at radius 3 is 3.00 bits per heavy atom. The van der Waals surface area contributed by atoms with Gasteiger partial charge in [0.2, 0.25) is 0 Å². The lowest BCUT2D eigenvalue weighted by Gasteiger charge is -2.38. The predicted molar refractivity (Wildman–Crippen MR) is 71.7 cm³/mol. The minimum atomic E-state index is -0.408. The normalized spacial score (nSPS) is 30.3. The second-order valence-electron chi connectivity index (χ2n) is 5.84. The van der Waals surface area contributed by atoms with E-state index in [1.807, 2.05) is 0 Å². The van der Waals surface area contributed by atoms with E-state index in [1.54, 1.807) is 7.11 Å². The van der Waals surface area contributed by atoms with Gasteiger partial charge in [-0.2, -0.15) is 0 Å². The van der Waals surface area contributed by atoms with Gasteiger partial charge in [0, 0.05) is 20.2 Å². The molecule has 1 aromatic heterocycles. The number of rotatable bonds is 2. The molecule has 1 aromatic rings. The van der Waals surface area contributed by atoms with Crippen LogP contribution in [0.3, 0.4) is 0 Å². The van der Waals surface area contributed by atoms with Crippen LogP contribution in [0.15, 0.2) is 4.79 Å². The van der Waals surface area contributed by atoms with Crippen molar-refractivity contribution in [2.75, 3.05) is 7.11 Å². The van der Waals surface area contributed by atoms with Crippen LogP contribution < -0.4 is 10.9 Å². The van der Waals surface area contributed by atoms with Crippen LogP contribution in [0.1, 0.15) is 49.7 Å². The maximum atomic E-state index is 12.1. The highest BCUT2D eigenvalue weighted by Crippen LogP contribution is 2.40. The topological polar surface area (TPSA) is 67.0 Å². The molecule has 5 heteroatoms. The molecule has 0 aromatic carbocycles. The summed E-state index contributed by atoms with van der Waals surface area (Å²) in [5.74, 6) is 1.32. The van der Waals surface area contributed by atoms with Gasteiger partial charge in [0.05, 0.1) is 11.3 Å². The summed E-state index contributed by atoms with van der Waals surface area (Å²) in [5.41, 5.74) is 1.24. The predicted octanol–water partition coefficient (Wildman–Crippen LogP) is 1.42. The molecule has 0 radical (unpaired) electrons. The number of aromatic nitrogens is 2. The number of aromatic amines is 1. The van der Waals surface area contributed by atoms with Crippen LogP contribution >= 0.6 is 0 Å². The van der Waals surface area contributed by atoms with Gasteiger partial charge in [0.25, 0.3) is 5.56 Å². The van der Waals surface area contributed by atoms with E-state index >= 15 is 0 Å². The van der Waals surface area contributed by atoms with Gasteiger partial charge in [0.15, 0.2) is 0 Å². The standard InChI is InChI=1S/C14H21N3O2/c1-9-4-3-5-14(6-9,19-2)13-16-11-8-15-7-10(11)12(18)17-13/h9,15H,3-8H2,1-2H3,(H,16,17,18). The van der Waals surface area contributed by atoms with Crippen molar-refractivity contribution in [3.63, 3.8) is 0 Å². The van der Waals surface area contributed by atoms with Gasteiger partial charge in [-0.1, -0.05) is 13.3 Å². The second-order valence-corrected chi connectivity index (χ2v) is 5.84. The van der Waals surface area contributed by atoms with Crippen LogP contribution in [0.5, 0.6) is 0 Å². The minimum absolute atomic E-state index is 0.0142. The Hall–Kier alpha value is -1.20. The number of nitrogens with one attached hydrogen (secondary N) is 2. The molecule has 104 valence electrons. The Labute approximate surface area is 112 Å². The first-order valence-corrected chi connectivity index (χ1v) is 7.03. The number of hydrogen-bond donors (Lipinski definition) is 2. The smallest absolute Gasteiger partial charge is 0.255 e. The summed E-state index contributed by atoms with van der Waals surface area (Å²) in [6, 6.07) is 0. The van der Waals surface area contributed by atoms with Gasteiger partial charge in [0.1, 0.15) is 11.4 Å². The Morgan fingerprint density at radius 2 is 2.26 bits per heavy atom. The number of ether oxygens (including phenoxy) is 1. The van der Waals surface area contributed by atoms with E-state index in [1.165, 1.54) is 6.42 Å². The SMILES string of the molecule is COC1(c2nc3c(c(=O)[nH]2)CNC3)CCCC(C)C1. The third-order valence-electron chi connectivity index (χ3n) is 4.47. The van der Waals surface area contributed by atoms with Crippen LogP contribution in [0, 0.1) is 5.92 Å². The van der Waals surface area contributed by atoms with E-state index in [0.29, 0.717) is 24.8 Å². The van der Waals surface area contributed by atoms with Gasteiger partial charge in [-0.15, -0.1) is 0 Å². The Bertz CT molecular complexity index is 540. The lowest BCUT2D eigenvalue weighted by Crippen LogP contribution is -2.38. The monoisotopic (exact) mass is 263 g/mol. The van der Waals surface area contributed by atoms with E-state index < -0.39 is 5.60 Å². The molecule has 0 bridgehead atoms. The highest BCUT2D eigenvalue weighted by molar-refractivity contribution is 5.23. The van der Waals surface area contributed by atoms with E-state index in [-0.39, 0.29) is 5.56 Å². The zero-order valence-electron chi connectivity index (χ0n) is 11.6. The third kappa shape index (κ3) is 2.11. The molecule has 0 amide bonds. The lowest BCUT2D eigenvalue weighted by molar-refractivity contribution is -0.0649. The van der Waals surface area contributed by atoms with Crippen molar-refractivity contribution in [2.45, 2.75) is 51.3 Å². The molecule has 1 aliphatic heterocycles. The highest BCUT2D eigenvalue weighted by Gasteiger charge is 2.39. The van der Waals surface area contributed by atoms with Crippen LogP contribution in [0.4, 0.5) is 0 Å². The first-order valence-electron chi connectivity index (χ1n) is 7.03. The molecule has 5 nitrogen and oxygen atoms in total. The molecule has 1 saturated carbocycles. The van der Waals surface area contributed by atoms with Gasteiger partial charge >= 0.3 is 0 Å². The first kappa shape index (κ1) is 12.8. The minimum Gasteiger partial charge on any atom is -0.370 e. The van der Waals surface area contributed by atoms with E-state index in [2.05, 4.69) is 22.2 Å². The van der Waals surface area contributed by atoms with E-state index in [9.17, 15) is 4.79 Å². The molecule has 2 unspecified atom stereocenters. The molecule has 0 spiro atoms. The number of fused-ring (bicyclic) bond motifs is 1. The van der Waals surface area contributed by atoms with Gasteiger partial charge in [-0.3, -0.25) is 4.79 Å². The molecule has 2 heterocycles. The van der Waals surface area contributed by atoms with Crippen molar-refractivity contribution in [3.05, 3.63) is 27.4 Å². The first-order chi connectivity index (χ1) is 9.14. The summed E-state index contributed by atoms with van der Waals surface area (Å²) in [4.78, 5) is 19.8. The van der Waals surface area contributed by atoms with Crippen LogP contribution in [-0.2, 0) is 23.4 Å². The van der Waals surface area contributed by atoms with Gasteiger partial charge in [-0.05, 0) is 25.2 Å². The molecular formula is C14H21N3O2. The number of H-pyrrole nitrogens is 1. The van der Waals surface area contributed by atoms with E-state index in [0.717, 1.165) is 30.5 Å². The van der Waals surface area contributed by atoms with Crippen molar-refractivity contribution in [3.8, 4) is 0 Å². The van der Waals surface area contributed by atoms with Crippen molar-refractivity contribution in [1.29, 1.82) is 0 Å². The highest BCUT2D eigenvalue weighted by atomic mass is 16.5. The van der Waals surface area contributed by atoms with Crippen LogP contribution in [0.2, 0.25) is 0 Å². The molecule has 2 atom stereocenters. The third-order valence-corrected chi connectivity index (χ3v) is 4.47.